The van der Waals surface area contributed by atoms with Crippen molar-refractivity contribution >= 4 is 21.9 Å². The van der Waals surface area contributed by atoms with Gasteiger partial charge < -0.3 is 4.98 Å². The Hall–Kier alpha value is -3.09. The van der Waals surface area contributed by atoms with E-state index >= 15 is 0 Å². The highest BCUT2D eigenvalue weighted by atomic mass is 19.2. The average molecular weight is 298 g/mol. The van der Waals surface area contributed by atoms with E-state index in [1.807, 2.05) is 0 Å². The van der Waals surface area contributed by atoms with Gasteiger partial charge in [0.05, 0.1) is 17.1 Å². The summed E-state index contributed by atoms with van der Waals surface area (Å²) in [7, 11) is 0. The summed E-state index contributed by atoms with van der Waals surface area (Å²) in [6.07, 6.45) is 2.97. The molecule has 108 valence electrons. The lowest BCUT2D eigenvalue weighted by atomic mass is 10.1. The van der Waals surface area contributed by atoms with Crippen molar-refractivity contribution in [3.8, 4) is 5.82 Å². The highest BCUT2D eigenvalue weighted by Gasteiger charge is 2.14. The minimum Gasteiger partial charge on any atom is -0.339 e. The van der Waals surface area contributed by atoms with Gasteiger partial charge in [-0.1, -0.05) is 6.07 Å². The fourth-order valence-electron chi connectivity index (χ4n) is 2.40. The SMILES string of the molecule is O=c1c2cc(F)c(F)cc2[nH]c2c1cnn2-c1ccccn1. The third kappa shape index (κ3) is 1.72. The highest BCUT2D eigenvalue weighted by Crippen LogP contribution is 2.19. The zero-order valence-electron chi connectivity index (χ0n) is 11.0. The number of nitrogens with one attached hydrogen (secondary N) is 1. The summed E-state index contributed by atoms with van der Waals surface area (Å²) in [6.45, 7) is 0. The monoisotopic (exact) mass is 298 g/mol. The van der Waals surface area contributed by atoms with Gasteiger partial charge in [-0.25, -0.2) is 13.8 Å². The first-order chi connectivity index (χ1) is 10.6. The number of aromatic nitrogens is 4. The summed E-state index contributed by atoms with van der Waals surface area (Å²) in [6, 6.07) is 7.11. The number of nitrogens with zero attached hydrogens (tertiary/aromatic N) is 3. The molecule has 1 aromatic carbocycles. The molecule has 0 amide bonds. The van der Waals surface area contributed by atoms with Crippen molar-refractivity contribution in [3.05, 3.63) is 64.6 Å². The molecule has 0 spiro atoms. The molecule has 7 heteroatoms. The predicted molar refractivity (Wildman–Crippen MR) is 76.9 cm³/mol. The van der Waals surface area contributed by atoms with E-state index in [0.29, 0.717) is 11.5 Å². The van der Waals surface area contributed by atoms with Crippen LogP contribution >= 0.6 is 0 Å². The molecule has 0 aliphatic carbocycles. The summed E-state index contributed by atoms with van der Waals surface area (Å²) < 4.78 is 28.2. The zero-order chi connectivity index (χ0) is 15.3. The first-order valence-corrected chi connectivity index (χ1v) is 6.45. The Bertz CT molecular complexity index is 1070. The first kappa shape index (κ1) is 12.6. The van der Waals surface area contributed by atoms with Gasteiger partial charge >= 0.3 is 0 Å². The lowest BCUT2D eigenvalue weighted by Gasteiger charge is -2.04. The lowest BCUT2D eigenvalue weighted by Crippen LogP contribution is -2.07. The Balaban J connectivity index is 2.12. The number of benzene rings is 1. The van der Waals surface area contributed by atoms with Gasteiger partial charge in [-0.15, -0.1) is 0 Å². The van der Waals surface area contributed by atoms with Crippen LogP contribution in [0.25, 0.3) is 27.8 Å². The van der Waals surface area contributed by atoms with Crippen LogP contribution in [0.2, 0.25) is 0 Å². The number of fused-ring (bicyclic) bond motifs is 2. The number of pyridine rings is 2. The van der Waals surface area contributed by atoms with Gasteiger partial charge in [0.15, 0.2) is 17.5 Å². The van der Waals surface area contributed by atoms with Crippen LogP contribution in [0.4, 0.5) is 8.78 Å². The number of hydrogen-bond acceptors (Lipinski definition) is 3. The van der Waals surface area contributed by atoms with E-state index in [1.54, 1.807) is 24.4 Å². The molecule has 0 saturated carbocycles. The molecule has 0 atom stereocenters. The van der Waals surface area contributed by atoms with Crippen molar-refractivity contribution in [3.63, 3.8) is 0 Å². The van der Waals surface area contributed by atoms with Crippen LogP contribution in [0.1, 0.15) is 0 Å². The molecule has 0 aliphatic rings. The fraction of sp³-hybridized carbons (Fsp3) is 0. The van der Waals surface area contributed by atoms with Crippen molar-refractivity contribution in [2.45, 2.75) is 0 Å². The molecular weight excluding hydrogens is 290 g/mol. The number of hydrogen-bond donors (Lipinski definition) is 1. The van der Waals surface area contributed by atoms with Crippen LogP contribution in [0.5, 0.6) is 0 Å². The number of halogens is 2. The van der Waals surface area contributed by atoms with Gasteiger partial charge in [0.25, 0.3) is 0 Å². The smallest absolute Gasteiger partial charge is 0.200 e. The maximum Gasteiger partial charge on any atom is 0.200 e. The number of rotatable bonds is 1. The molecule has 5 nitrogen and oxygen atoms in total. The Morgan fingerprint density at radius 1 is 1.09 bits per heavy atom. The highest BCUT2D eigenvalue weighted by molar-refractivity contribution is 5.91. The topological polar surface area (TPSA) is 63.6 Å². The normalized spacial score (nSPS) is 11.4. The first-order valence-electron chi connectivity index (χ1n) is 6.45. The number of aromatic amines is 1. The van der Waals surface area contributed by atoms with Crippen LogP contribution in [0.15, 0.2) is 47.5 Å². The molecule has 3 aromatic heterocycles. The van der Waals surface area contributed by atoms with Gasteiger partial charge in [0.1, 0.15) is 5.65 Å². The second-order valence-corrected chi connectivity index (χ2v) is 4.77. The van der Waals surface area contributed by atoms with E-state index in [9.17, 15) is 13.6 Å². The summed E-state index contributed by atoms with van der Waals surface area (Å²) in [5, 5.41) is 4.49. The van der Waals surface area contributed by atoms with Gasteiger partial charge in [0, 0.05) is 17.6 Å². The Kier molecular flexibility index (Phi) is 2.56. The van der Waals surface area contributed by atoms with E-state index in [4.69, 9.17) is 0 Å². The second-order valence-electron chi connectivity index (χ2n) is 4.77. The van der Waals surface area contributed by atoms with Gasteiger partial charge in [-0.05, 0) is 18.2 Å². The molecule has 0 unspecified atom stereocenters. The third-order valence-corrected chi connectivity index (χ3v) is 3.44. The Morgan fingerprint density at radius 2 is 1.91 bits per heavy atom. The van der Waals surface area contributed by atoms with Crippen LogP contribution in [0, 0.1) is 11.6 Å². The third-order valence-electron chi connectivity index (χ3n) is 3.44. The Labute approximate surface area is 121 Å². The summed E-state index contributed by atoms with van der Waals surface area (Å²) in [5.41, 5.74) is 0.168. The Morgan fingerprint density at radius 3 is 2.68 bits per heavy atom. The van der Waals surface area contributed by atoms with Crippen LogP contribution in [-0.2, 0) is 0 Å². The summed E-state index contributed by atoms with van der Waals surface area (Å²) in [4.78, 5) is 19.5. The molecule has 0 radical (unpaired) electrons. The molecule has 4 rings (SSSR count). The van der Waals surface area contributed by atoms with E-state index in [0.717, 1.165) is 12.1 Å². The predicted octanol–water partition coefficient (Wildman–Crippen LogP) is 2.54. The van der Waals surface area contributed by atoms with Crippen LogP contribution in [-0.4, -0.2) is 19.7 Å². The standard InChI is InChI=1S/C15H8F2N4O/c16-10-5-8-12(6-11(10)17)20-15-9(14(8)22)7-19-21(15)13-3-1-2-4-18-13/h1-7H,(H,20,22). The van der Waals surface area contributed by atoms with Gasteiger partial charge in [-0.2, -0.15) is 9.78 Å². The molecule has 0 aliphatic heterocycles. The molecule has 22 heavy (non-hydrogen) atoms. The molecule has 1 N–H and O–H groups in total. The van der Waals surface area contributed by atoms with Crippen molar-refractivity contribution < 1.29 is 8.78 Å². The van der Waals surface area contributed by atoms with E-state index in [2.05, 4.69) is 15.1 Å². The molecule has 0 fully saturated rings. The van der Waals surface area contributed by atoms with Crippen LogP contribution in [0.3, 0.4) is 0 Å². The average Bonchev–Trinajstić information content (AvgIpc) is 2.94. The van der Waals surface area contributed by atoms with Gasteiger partial charge in [-0.3, -0.25) is 4.79 Å². The fourth-order valence-corrected chi connectivity index (χ4v) is 2.40. The van der Waals surface area contributed by atoms with E-state index in [-0.39, 0.29) is 16.3 Å². The van der Waals surface area contributed by atoms with Crippen molar-refractivity contribution in [1.29, 1.82) is 0 Å². The zero-order valence-corrected chi connectivity index (χ0v) is 11.0. The van der Waals surface area contributed by atoms with Crippen molar-refractivity contribution in [2.75, 3.05) is 0 Å². The summed E-state index contributed by atoms with van der Waals surface area (Å²) in [5.74, 6) is -1.57. The molecule has 0 saturated heterocycles. The maximum atomic E-state index is 13.4. The minimum atomic E-state index is -1.06. The van der Waals surface area contributed by atoms with Gasteiger partial charge in [0.2, 0.25) is 5.43 Å². The largest absolute Gasteiger partial charge is 0.339 e. The molecule has 4 aromatic rings. The number of H-pyrrole nitrogens is 1. The van der Waals surface area contributed by atoms with E-state index in [1.165, 1.54) is 10.9 Å². The van der Waals surface area contributed by atoms with Crippen molar-refractivity contribution in [2.24, 2.45) is 0 Å². The maximum absolute atomic E-state index is 13.4. The minimum absolute atomic E-state index is 0.0759. The second kappa shape index (κ2) is 4.45. The lowest BCUT2D eigenvalue weighted by molar-refractivity contribution is 0.510. The molecule has 0 bridgehead atoms. The van der Waals surface area contributed by atoms with Crippen LogP contribution < -0.4 is 5.43 Å². The molecular formula is C15H8F2N4O. The molecule has 3 heterocycles. The van der Waals surface area contributed by atoms with Crippen molar-refractivity contribution in [1.82, 2.24) is 19.7 Å². The van der Waals surface area contributed by atoms with E-state index < -0.39 is 17.1 Å². The summed E-state index contributed by atoms with van der Waals surface area (Å²) >= 11 is 0. The quantitative estimate of drug-likeness (QED) is 0.587.